The Morgan fingerprint density at radius 2 is 1.74 bits per heavy atom. The van der Waals surface area contributed by atoms with Crippen LogP contribution in [0, 0.1) is 19.8 Å². The summed E-state index contributed by atoms with van der Waals surface area (Å²) in [6, 6.07) is 12.2. The molecule has 34 heavy (non-hydrogen) atoms. The van der Waals surface area contributed by atoms with Gasteiger partial charge in [0.25, 0.3) is 11.7 Å². The molecular formula is C28H35NO5. The molecule has 2 aromatic carbocycles. The fraction of sp³-hybridized carbons (Fsp3) is 0.429. The van der Waals surface area contributed by atoms with Crippen molar-refractivity contribution in [1.82, 2.24) is 4.90 Å². The molecule has 1 fully saturated rings. The third kappa shape index (κ3) is 5.50. The van der Waals surface area contributed by atoms with E-state index in [2.05, 4.69) is 13.8 Å². The number of Topliss-reactive ketones (excluding diaryl/α,β-unsaturated/α-hetero) is 1. The second-order valence-corrected chi connectivity index (χ2v) is 9.45. The van der Waals surface area contributed by atoms with Crippen LogP contribution in [0.3, 0.4) is 0 Å². The molecular weight excluding hydrogens is 430 g/mol. The van der Waals surface area contributed by atoms with Gasteiger partial charge in [0.15, 0.2) is 0 Å². The molecule has 182 valence electrons. The van der Waals surface area contributed by atoms with Crippen molar-refractivity contribution >= 4 is 17.4 Å². The Morgan fingerprint density at radius 3 is 2.35 bits per heavy atom. The van der Waals surface area contributed by atoms with Gasteiger partial charge in [0.05, 0.1) is 30.9 Å². The molecule has 1 aliphatic rings. The Morgan fingerprint density at radius 1 is 1.03 bits per heavy atom. The monoisotopic (exact) mass is 465 g/mol. The fourth-order valence-corrected chi connectivity index (χ4v) is 4.08. The number of aliphatic hydroxyl groups is 1. The van der Waals surface area contributed by atoms with Crippen LogP contribution < -0.4 is 4.74 Å². The van der Waals surface area contributed by atoms with Gasteiger partial charge in [0.1, 0.15) is 11.5 Å². The van der Waals surface area contributed by atoms with E-state index in [0.29, 0.717) is 24.7 Å². The minimum absolute atomic E-state index is 0.00753. The Labute approximate surface area is 202 Å². The smallest absolute Gasteiger partial charge is 0.295 e. The predicted octanol–water partition coefficient (Wildman–Crippen LogP) is 5.18. The average Bonchev–Trinajstić information content (AvgIpc) is 3.02. The number of likely N-dealkylation sites (tertiary alicyclic amines) is 1. The van der Waals surface area contributed by atoms with Crippen molar-refractivity contribution in [2.45, 2.75) is 53.7 Å². The lowest BCUT2D eigenvalue weighted by atomic mass is 9.92. The van der Waals surface area contributed by atoms with Crippen LogP contribution in [0.15, 0.2) is 48.0 Å². The second-order valence-electron chi connectivity index (χ2n) is 9.45. The normalized spacial score (nSPS) is 17.8. The van der Waals surface area contributed by atoms with Crippen molar-refractivity contribution in [1.29, 1.82) is 0 Å². The molecule has 1 atom stereocenters. The number of carbonyl (C=O) groups is 2. The highest BCUT2D eigenvalue weighted by atomic mass is 16.5. The maximum Gasteiger partial charge on any atom is 0.295 e. The van der Waals surface area contributed by atoms with Crippen molar-refractivity contribution in [3.63, 3.8) is 0 Å². The quantitative estimate of drug-likeness (QED) is 0.314. The molecule has 0 aliphatic carbocycles. The van der Waals surface area contributed by atoms with Crippen LogP contribution in [0.25, 0.3) is 5.76 Å². The summed E-state index contributed by atoms with van der Waals surface area (Å²) in [5.74, 6) is -0.384. The van der Waals surface area contributed by atoms with Crippen LogP contribution in [0.5, 0.6) is 5.75 Å². The predicted molar refractivity (Wildman–Crippen MR) is 133 cm³/mol. The first-order chi connectivity index (χ1) is 16.1. The Hall–Kier alpha value is -3.12. The highest BCUT2D eigenvalue weighted by Gasteiger charge is 2.46. The average molecular weight is 466 g/mol. The van der Waals surface area contributed by atoms with Crippen LogP contribution in [0.1, 0.15) is 56.0 Å². The number of ketones is 1. The number of nitrogens with zero attached hydrogens (tertiary/aromatic N) is 1. The first-order valence-electron chi connectivity index (χ1n) is 11.8. The molecule has 6 heteroatoms. The third-order valence-corrected chi connectivity index (χ3v) is 5.83. The van der Waals surface area contributed by atoms with Gasteiger partial charge in [-0.1, -0.05) is 38.1 Å². The van der Waals surface area contributed by atoms with Gasteiger partial charge in [-0.2, -0.15) is 0 Å². The lowest BCUT2D eigenvalue weighted by Crippen LogP contribution is -2.33. The number of rotatable bonds is 9. The summed E-state index contributed by atoms with van der Waals surface area (Å²) in [6.07, 6.45) is 0.00753. The number of hydrogen-bond acceptors (Lipinski definition) is 5. The molecule has 1 heterocycles. The summed E-state index contributed by atoms with van der Waals surface area (Å²) >= 11 is 0. The van der Waals surface area contributed by atoms with Gasteiger partial charge < -0.3 is 19.5 Å². The number of ether oxygens (including phenoxy) is 2. The van der Waals surface area contributed by atoms with Crippen LogP contribution in [0.2, 0.25) is 0 Å². The molecule has 1 N–H and O–H groups in total. The maximum atomic E-state index is 13.2. The van der Waals surface area contributed by atoms with Crippen LogP contribution in [-0.2, 0) is 14.3 Å². The summed E-state index contributed by atoms with van der Waals surface area (Å²) in [5.41, 5.74) is 3.16. The van der Waals surface area contributed by atoms with E-state index in [0.717, 1.165) is 22.4 Å². The van der Waals surface area contributed by atoms with Crippen LogP contribution >= 0.6 is 0 Å². The van der Waals surface area contributed by atoms with Gasteiger partial charge in [0, 0.05) is 12.1 Å². The molecule has 1 aliphatic heterocycles. The third-order valence-electron chi connectivity index (χ3n) is 5.83. The highest BCUT2D eigenvalue weighted by molar-refractivity contribution is 6.46. The summed E-state index contributed by atoms with van der Waals surface area (Å²) in [5, 5.41) is 11.3. The van der Waals surface area contributed by atoms with Gasteiger partial charge >= 0.3 is 0 Å². The van der Waals surface area contributed by atoms with Gasteiger partial charge in [-0.25, -0.2) is 0 Å². The highest BCUT2D eigenvalue weighted by Crippen LogP contribution is 2.40. The fourth-order valence-electron chi connectivity index (χ4n) is 4.08. The van der Waals surface area contributed by atoms with Crippen molar-refractivity contribution in [2.75, 3.05) is 19.8 Å². The first kappa shape index (κ1) is 25.5. The minimum Gasteiger partial charge on any atom is -0.507 e. The Bertz CT molecular complexity index is 1090. The van der Waals surface area contributed by atoms with Gasteiger partial charge in [-0.3, -0.25) is 9.59 Å². The number of aliphatic hydroxyl groups excluding tert-OH is 1. The zero-order valence-corrected chi connectivity index (χ0v) is 20.9. The molecule has 3 rings (SSSR count). The number of carbonyl (C=O) groups excluding carboxylic acids is 2. The lowest BCUT2D eigenvalue weighted by Gasteiger charge is -2.27. The van der Waals surface area contributed by atoms with Crippen LogP contribution in [0.4, 0.5) is 0 Å². The summed E-state index contributed by atoms with van der Waals surface area (Å²) in [7, 11) is 0. The van der Waals surface area contributed by atoms with E-state index in [1.54, 1.807) is 18.2 Å². The zero-order valence-electron chi connectivity index (χ0n) is 20.9. The van der Waals surface area contributed by atoms with E-state index in [4.69, 9.17) is 9.47 Å². The van der Waals surface area contributed by atoms with Gasteiger partial charge in [-0.05, 0) is 68.5 Å². The molecule has 0 radical (unpaired) electrons. The maximum absolute atomic E-state index is 13.2. The number of aryl methyl sites for hydroxylation is 2. The Balaban J connectivity index is 2.06. The van der Waals surface area contributed by atoms with Crippen molar-refractivity contribution in [3.05, 3.63) is 70.3 Å². The van der Waals surface area contributed by atoms with Crippen molar-refractivity contribution in [3.8, 4) is 5.75 Å². The lowest BCUT2D eigenvalue weighted by molar-refractivity contribution is -0.140. The van der Waals surface area contributed by atoms with E-state index in [1.807, 2.05) is 52.0 Å². The second kappa shape index (κ2) is 10.9. The summed E-state index contributed by atoms with van der Waals surface area (Å²) < 4.78 is 11.5. The zero-order chi connectivity index (χ0) is 25.0. The molecule has 6 nitrogen and oxygen atoms in total. The molecule has 0 saturated carbocycles. The molecule has 0 bridgehead atoms. The largest absolute Gasteiger partial charge is 0.507 e. The SMILES string of the molecule is Cc1cc(/C(O)=C2\C(=O)C(=O)N(CCOC(C)C)C2c2ccccc2C)ccc1OCC(C)C. The topological polar surface area (TPSA) is 76.1 Å². The summed E-state index contributed by atoms with van der Waals surface area (Å²) in [6.45, 7) is 13.0. The number of amides is 1. The van der Waals surface area contributed by atoms with Crippen LogP contribution in [-0.4, -0.2) is 47.6 Å². The van der Waals surface area contributed by atoms with E-state index >= 15 is 0 Å². The first-order valence-corrected chi connectivity index (χ1v) is 11.8. The molecule has 1 saturated heterocycles. The molecule has 1 unspecified atom stereocenters. The summed E-state index contributed by atoms with van der Waals surface area (Å²) in [4.78, 5) is 27.7. The molecule has 0 spiro atoms. The van der Waals surface area contributed by atoms with Gasteiger partial charge in [-0.15, -0.1) is 0 Å². The van der Waals surface area contributed by atoms with Crippen molar-refractivity contribution < 1.29 is 24.2 Å². The number of hydrogen-bond donors (Lipinski definition) is 1. The van der Waals surface area contributed by atoms with Crippen molar-refractivity contribution in [2.24, 2.45) is 5.92 Å². The van der Waals surface area contributed by atoms with E-state index in [1.165, 1.54) is 4.90 Å². The molecule has 1 amide bonds. The Kier molecular flexibility index (Phi) is 8.15. The van der Waals surface area contributed by atoms with Gasteiger partial charge in [0.2, 0.25) is 0 Å². The molecule has 0 aromatic heterocycles. The van der Waals surface area contributed by atoms with E-state index < -0.39 is 17.7 Å². The molecule has 2 aromatic rings. The number of benzene rings is 2. The minimum atomic E-state index is -0.687. The standard InChI is InChI=1S/C28H35NO5/c1-17(2)16-34-23-12-11-21(15-20(23)6)26(30)24-25(22-10-8-7-9-19(22)5)29(28(32)27(24)31)13-14-33-18(3)4/h7-12,15,17-18,25,30H,13-14,16H2,1-6H3/b26-24+. The van der Waals surface area contributed by atoms with E-state index in [-0.39, 0.29) is 24.0 Å². The van der Waals surface area contributed by atoms with E-state index in [9.17, 15) is 14.7 Å².